The topological polar surface area (TPSA) is 76.5 Å². The van der Waals surface area contributed by atoms with E-state index in [9.17, 15) is 9.59 Å². The Bertz CT molecular complexity index is 1000. The normalized spacial score (nSPS) is 13.7. The summed E-state index contributed by atoms with van der Waals surface area (Å²) >= 11 is 0. The first-order chi connectivity index (χ1) is 13.7. The molecule has 0 unspecified atom stereocenters. The number of nitrogens with one attached hydrogen (secondary N) is 1. The molecule has 1 aliphatic heterocycles. The first-order valence-electron chi connectivity index (χ1n) is 9.34. The maximum atomic E-state index is 12.8. The van der Waals surface area contributed by atoms with Crippen LogP contribution in [0.1, 0.15) is 23.3 Å². The number of fused-ring (bicyclic) bond motifs is 1. The van der Waals surface area contributed by atoms with E-state index in [0.29, 0.717) is 11.4 Å². The number of para-hydroxylation sites is 1. The molecule has 0 spiro atoms. The van der Waals surface area contributed by atoms with Gasteiger partial charge in [0.15, 0.2) is 5.69 Å². The van der Waals surface area contributed by atoms with Gasteiger partial charge in [0.25, 0.3) is 5.91 Å². The summed E-state index contributed by atoms with van der Waals surface area (Å²) in [5.41, 5.74) is 1.86. The predicted molar refractivity (Wildman–Crippen MR) is 106 cm³/mol. The third-order valence-corrected chi connectivity index (χ3v) is 4.92. The number of rotatable bonds is 5. The minimum Gasteiger partial charge on any atom is -0.497 e. The van der Waals surface area contributed by atoms with Gasteiger partial charge in [0.1, 0.15) is 12.3 Å². The van der Waals surface area contributed by atoms with Gasteiger partial charge in [-0.05, 0) is 43.2 Å². The molecule has 1 fully saturated rings. The molecule has 0 radical (unpaired) electrons. The molecule has 2 amide bonds. The lowest BCUT2D eigenvalue weighted by Gasteiger charge is -2.13. The molecule has 0 aliphatic carbocycles. The number of likely N-dealkylation sites (tertiary alicyclic amines) is 1. The molecule has 0 saturated carbocycles. The highest BCUT2D eigenvalue weighted by molar-refractivity contribution is 6.05. The van der Waals surface area contributed by atoms with Crippen molar-refractivity contribution in [3.63, 3.8) is 0 Å². The highest BCUT2D eigenvalue weighted by atomic mass is 16.5. The smallest absolute Gasteiger partial charge is 0.275 e. The molecule has 7 heteroatoms. The molecule has 1 aromatic heterocycles. The van der Waals surface area contributed by atoms with E-state index in [1.165, 1.54) is 0 Å². The molecule has 144 valence electrons. The fraction of sp³-hybridized carbons (Fsp3) is 0.286. The molecular weight excluding hydrogens is 356 g/mol. The van der Waals surface area contributed by atoms with E-state index in [0.717, 1.165) is 42.6 Å². The third kappa shape index (κ3) is 3.55. The summed E-state index contributed by atoms with van der Waals surface area (Å²) in [5.74, 6) is 0.447. The number of anilines is 1. The van der Waals surface area contributed by atoms with Crippen molar-refractivity contribution in [2.45, 2.75) is 19.4 Å². The second-order valence-electron chi connectivity index (χ2n) is 6.80. The van der Waals surface area contributed by atoms with Crippen molar-refractivity contribution in [3.8, 4) is 5.75 Å². The number of carbonyl (C=O) groups excluding carboxylic acids is 2. The summed E-state index contributed by atoms with van der Waals surface area (Å²) in [5, 5.41) is 8.11. The summed E-state index contributed by atoms with van der Waals surface area (Å²) in [6.45, 7) is 1.55. The number of hydrogen-bond acceptors (Lipinski definition) is 4. The largest absolute Gasteiger partial charge is 0.497 e. The van der Waals surface area contributed by atoms with Crippen molar-refractivity contribution in [3.05, 3.63) is 54.2 Å². The minimum absolute atomic E-state index is 0.0276. The Labute approximate surface area is 162 Å². The van der Waals surface area contributed by atoms with Crippen LogP contribution in [-0.4, -0.2) is 46.7 Å². The van der Waals surface area contributed by atoms with Crippen LogP contribution in [0.3, 0.4) is 0 Å². The van der Waals surface area contributed by atoms with Crippen LogP contribution in [0.15, 0.2) is 48.5 Å². The fourth-order valence-electron chi connectivity index (χ4n) is 3.49. The summed E-state index contributed by atoms with van der Waals surface area (Å²) in [4.78, 5) is 27.2. The van der Waals surface area contributed by atoms with Gasteiger partial charge in [0.05, 0.1) is 12.6 Å². The average Bonchev–Trinajstić information content (AvgIpc) is 3.37. The number of methoxy groups -OCH3 is 1. The van der Waals surface area contributed by atoms with Crippen LogP contribution in [0.4, 0.5) is 5.69 Å². The van der Waals surface area contributed by atoms with Crippen molar-refractivity contribution in [1.82, 2.24) is 14.7 Å². The molecule has 1 N–H and O–H groups in total. The summed E-state index contributed by atoms with van der Waals surface area (Å²) in [7, 11) is 1.59. The fourth-order valence-corrected chi connectivity index (χ4v) is 3.49. The van der Waals surface area contributed by atoms with Gasteiger partial charge in [-0.2, -0.15) is 5.10 Å². The molecule has 7 nitrogen and oxygen atoms in total. The minimum atomic E-state index is -0.210. The molecule has 4 rings (SSSR count). The van der Waals surface area contributed by atoms with Crippen LogP contribution >= 0.6 is 0 Å². The predicted octanol–water partition coefficient (Wildman–Crippen LogP) is 2.92. The molecule has 1 saturated heterocycles. The first kappa shape index (κ1) is 18.0. The van der Waals surface area contributed by atoms with E-state index in [2.05, 4.69) is 10.4 Å². The second-order valence-corrected chi connectivity index (χ2v) is 6.80. The Balaban J connectivity index is 1.56. The van der Waals surface area contributed by atoms with Crippen molar-refractivity contribution in [2.75, 3.05) is 25.5 Å². The van der Waals surface area contributed by atoms with Gasteiger partial charge in [-0.25, -0.2) is 0 Å². The van der Waals surface area contributed by atoms with Gasteiger partial charge >= 0.3 is 0 Å². The molecule has 2 heterocycles. The zero-order valence-corrected chi connectivity index (χ0v) is 15.7. The van der Waals surface area contributed by atoms with Crippen LogP contribution in [0.2, 0.25) is 0 Å². The van der Waals surface area contributed by atoms with Gasteiger partial charge in [-0.3, -0.25) is 14.3 Å². The van der Waals surface area contributed by atoms with Gasteiger partial charge in [-0.15, -0.1) is 0 Å². The number of benzene rings is 2. The molecule has 1 aliphatic rings. The summed E-state index contributed by atoms with van der Waals surface area (Å²) in [6, 6.07) is 14.6. The number of amides is 2. The summed E-state index contributed by atoms with van der Waals surface area (Å²) in [6.07, 6.45) is 2.04. The van der Waals surface area contributed by atoms with Crippen LogP contribution in [0.25, 0.3) is 10.9 Å². The van der Waals surface area contributed by atoms with Crippen LogP contribution in [-0.2, 0) is 11.3 Å². The van der Waals surface area contributed by atoms with Crippen molar-refractivity contribution in [1.29, 1.82) is 0 Å². The van der Waals surface area contributed by atoms with Gasteiger partial charge in [0.2, 0.25) is 5.91 Å². The van der Waals surface area contributed by atoms with Crippen molar-refractivity contribution in [2.24, 2.45) is 0 Å². The lowest BCUT2D eigenvalue weighted by atomic mass is 10.2. The molecule has 0 bridgehead atoms. The Morgan fingerprint density at radius 1 is 1.07 bits per heavy atom. The van der Waals surface area contributed by atoms with Crippen LogP contribution < -0.4 is 10.1 Å². The van der Waals surface area contributed by atoms with E-state index in [1.54, 1.807) is 36.1 Å². The van der Waals surface area contributed by atoms with Crippen LogP contribution in [0.5, 0.6) is 5.75 Å². The standard InChI is InChI=1S/C21H22N4O3/c1-28-16-10-8-15(9-11-16)22-19(26)14-25-18-7-3-2-6-17(18)20(23-25)21(27)24-12-4-5-13-24/h2-3,6-11H,4-5,12-14H2,1H3,(H,22,26). The second kappa shape index (κ2) is 7.72. The number of hydrogen-bond donors (Lipinski definition) is 1. The molecular formula is C21H22N4O3. The van der Waals surface area contributed by atoms with E-state index in [1.807, 2.05) is 29.2 Å². The highest BCUT2D eigenvalue weighted by Gasteiger charge is 2.25. The summed E-state index contributed by atoms with van der Waals surface area (Å²) < 4.78 is 6.72. The van der Waals surface area contributed by atoms with E-state index < -0.39 is 0 Å². The van der Waals surface area contributed by atoms with Crippen molar-refractivity contribution < 1.29 is 14.3 Å². The SMILES string of the molecule is COc1ccc(NC(=O)Cn2nc(C(=O)N3CCCC3)c3ccccc32)cc1. The van der Waals surface area contributed by atoms with E-state index in [4.69, 9.17) is 4.74 Å². The zero-order valence-electron chi connectivity index (χ0n) is 15.7. The van der Waals surface area contributed by atoms with Gasteiger partial charge < -0.3 is 15.0 Å². The first-order valence-corrected chi connectivity index (χ1v) is 9.34. The molecule has 28 heavy (non-hydrogen) atoms. The number of aromatic nitrogens is 2. The quantitative estimate of drug-likeness (QED) is 0.741. The average molecular weight is 378 g/mol. The van der Waals surface area contributed by atoms with Gasteiger partial charge in [0, 0.05) is 24.2 Å². The Kier molecular flexibility index (Phi) is 4.97. The Hall–Kier alpha value is -3.35. The zero-order chi connectivity index (χ0) is 19.5. The monoisotopic (exact) mass is 378 g/mol. The van der Waals surface area contributed by atoms with E-state index >= 15 is 0 Å². The highest BCUT2D eigenvalue weighted by Crippen LogP contribution is 2.22. The third-order valence-electron chi connectivity index (χ3n) is 4.92. The lowest BCUT2D eigenvalue weighted by Crippen LogP contribution is -2.28. The van der Waals surface area contributed by atoms with Gasteiger partial charge in [-0.1, -0.05) is 18.2 Å². The molecule has 3 aromatic rings. The maximum absolute atomic E-state index is 12.8. The number of ether oxygens (including phenoxy) is 1. The lowest BCUT2D eigenvalue weighted by molar-refractivity contribution is -0.116. The Morgan fingerprint density at radius 2 is 1.79 bits per heavy atom. The number of nitrogens with zero attached hydrogens (tertiary/aromatic N) is 3. The molecule has 2 aromatic carbocycles. The van der Waals surface area contributed by atoms with Crippen LogP contribution in [0, 0.1) is 0 Å². The van der Waals surface area contributed by atoms with E-state index in [-0.39, 0.29) is 18.4 Å². The van der Waals surface area contributed by atoms with Crippen molar-refractivity contribution >= 4 is 28.4 Å². The maximum Gasteiger partial charge on any atom is 0.275 e. The Morgan fingerprint density at radius 3 is 2.50 bits per heavy atom. The molecule has 0 atom stereocenters. The number of carbonyl (C=O) groups is 2.